The minimum absolute atomic E-state index is 0.296. The number of ketones is 1. The van der Waals surface area contributed by atoms with Gasteiger partial charge in [-0.3, -0.25) is 4.79 Å². The van der Waals surface area contributed by atoms with Crippen LogP contribution in [-0.4, -0.2) is 18.9 Å². The Bertz CT molecular complexity index is 230. The van der Waals surface area contributed by atoms with Crippen molar-refractivity contribution >= 4 is 5.78 Å². The summed E-state index contributed by atoms with van der Waals surface area (Å²) in [5.41, 5.74) is 0. The van der Waals surface area contributed by atoms with Gasteiger partial charge in [0, 0.05) is 6.42 Å². The summed E-state index contributed by atoms with van der Waals surface area (Å²) in [5.74, 6) is 6.58. The lowest BCUT2D eigenvalue weighted by Crippen LogP contribution is -2.29. The molecule has 78 valence electrons. The van der Waals surface area contributed by atoms with Gasteiger partial charge in [0.15, 0.2) is 0 Å². The van der Waals surface area contributed by atoms with Crippen LogP contribution in [0.15, 0.2) is 0 Å². The Kier molecular flexibility index (Phi) is 5.32. The third-order valence-electron chi connectivity index (χ3n) is 2.69. The van der Waals surface area contributed by atoms with Gasteiger partial charge in [0.2, 0.25) is 0 Å². The second-order valence-electron chi connectivity index (χ2n) is 3.89. The van der Waals surface area contributed by atoms with E-state index in [1.54, 1.807) is 6.92 Å². The maximum Gasteiger partial charge on any atom is 0.144 e. The Morgan fingerprint density at radius 2 is 2.43 bits per heavy atom. The van der Waals surface area contributed by atoms with Crippen molar-refractivity contribution < 1.29 is 4.79 Å². The lowest BCUT2D eigenvalue weighted by Gasteiger charge is -2.22. The Morgan fingerprint density at radius 1 is 1.57 bits per heavy atom. The van der Waals surface area contributed by atoms with E-state index in [2.05, 4.69) is 17.2 Å². The fraction of sp³-hybridized carbons (Fsp3) is 0.750. The molecule has 0 aliphatic carbocycles. The molecule has 0 radical (unpaired) electrons. The molecule has 1 heterocycles. The van der Waals surface area contributed by atoms with E-state index in [1.165, 1.54) is 12.8 Å². The van der Waals surface area contributed by atoms with E-state index < -0.39 is 0 Å². The van der Waals surface area contributed by atoms with Gasteiger partial charge in [-0.15, -0.1) is 5.92 Å². The quantitative estimate of drug-likeness (QED) is 0.689. The van der Waals surface area contributed by atoms with Crippen molar-refractivity contribution in [2.24, 2.45) is 5.92 Å². The van der Waals surface area contributed by atoms with E-state index in [0.29, 0.717) is 24.5 Å². The van der Waals surface area contributed by atoms with Crippen LogP contribution in [0, 0.1) is 17.8 Å². The molecule has 1 aliphatic heterocycles. The fourth-order valence-electron chi connectivity index (χ4n) is 1.81. The highest BCUT2D eigenvalue weighted by Crippen LogP contribution is 2.16. The van der Waals surface area contributed by atoms with Crippen molar-refractivity contribution in [1.29, 1.82) is 0 Å². The molecule has 0 aromatic carbocycles. The SMILES string of the molecule is CC#CCC(=O)CCC1CCCNC1. The van der Waals surface area contributed by atoms with E-state index in [0.717, 1.165) is 19.5 Å². The maximum atomic E-state index is 11.3. The number of rotatable bonds is 4. The first-order chi connectivity index (χ1) is 6.83. The summed E-state index contributed by atoms with van der Waals surface area (Å²) in [5, 5.41) is 3.36. The van der Waals surface area contributed by atoms with Gasteiger partial charge in [0.1, 0.15) is 5.78 Å². The highest BCUT2D eigenvalue weighted by Gasteiger charge is 2.13. The lowest BCUT2D eigenvalue weighted by atomic mass is 9.93. The molecule has 2 heteroatoms. The zero-order chi connectivity index (χ0) is 10.2. The number of Topliss-reactive ketones (excluding diaryl/α,β-unsaturated/α-hetero) is 1. The van der Waals surface area contributed by atoms with E-state index in [9.17, 15) is 4.79 Å². The van der Waals surface area contributed by atoms with E-state index in [1.807, 2.05) is 0 Å². The fourth-order valence-corrected chi connectivity index (χ4v) is 1.81. The summed E-state index contributed by atoms with van der Waals surface area (Å²) in [7, 11) is 0. The second-order valence-corrected chi connectivity index (χ2v) is 3.89. The number of carbonyl (C=O) groups excluding carboxylic acids is 1. The third-order valence-corrected chi connectivity index (χ3v) is 2.69. The first-order valence-corrected chi connectivity index (χ1v) is 5.45. The molecule has 1 atom stereocenters. The summed E-state index contributed by atoms with van der Waals surface area (Å²) < 4.78 is 0. The van der Waals surface area contributed by atoms with Crippen molar-refractivity contribution in [2.45, 2.75) is 39.0 Å². The van der Waals surface area contributed by atoms with Crippen molar-refractivity contribution in [3.05, 3.63) is 0 Å². The molecule has 1 N–H and O–H groups in total. The van der Waals surface area contributed by atoms with Crippen LogP contribution in [0.3, 0.4) is 0 Å². The molecule has 2 nitrogen and oxygen atoms in total. The Morgan fingerprint density at radius 3 is 3.07 bits per heavy atom. The Balaban J connectivity index is 2.11. The number of nitrogens with one attached hydrogen (secondary N) is 1. The van der Waals surface area contributed by atoms with Crippen LogP contribution in [0.25, 0.3) is 0 Å². The average Bonchev–Trinajstić information content (AvgIpc) is 2.25. The molecule has 1 aliphatic rings. The topological polar surface area (TPSA) is 29.1 Å². The maximum absolute atomic E-state index is 11.3. The number of hydrogen-bond acceptors (Lipinski definition) is 2. The molecule has 0 aromatic heterocycles. The van der Waals surface area contributed by atoms with Crippen LogP contribution in [0.2, 0.25) is 0 Å². The molecular formula is C12H19NO. The first kappa shape index (κ1) is 11.3. The second kappa shape index (κ2) is 6.62. The molecule has 1 fully saturated rings. The van der Waals surface area contributed by atoms with E-state index in [-0.39, 0.29) is 0 Å². The molecular weight excluding hydrogens is 174 g/mol. The van der Waals surface area contributed by atoms with Crippen LogP contribution in [-0.2, 0) is 4.79 Å². The smallest absolute Gasteiger partial charge is 0.144 e. The van der Waals surface area contributed by atoms with Gasteiger partial charge in [-0.25, -0.2) is 0 Å². The highest BCUT2D eigenvalue weighted by atomic mass is 16.1. The normalized spacial score (nSPS) is 21.1. The van der Waals surface area contributed by atoms with Crippen LogP contribution in [0.4, 0.5) is 0 Å². The average molecular weight is 193 g/mol. The van der Waals surface area contributed by atoms with Gasteiger partial charge >= 0.3 is 0 Å². The largest absolute Gasteiger partial charge is 0.316 e. The molecule has 14 heavy (non-hydrogen) atoms. The van der Waals surface area contributed by atoms with Crippen LogP contribution in [0.5, 0.6) is 0 Å². The summed E-state index contributed by atoms with van der Waals surface area (Å²) in [6.45, 7) is 4.01. The minimum Gasteiger partial charge on any atom is -0.316 e. The van der Waals surface area contributed by atoms with Crippen LogP contribution < -0.4 is 5.32 Å². The number of piperidine rings is 1. The van der Waals surface area contributed by atoms with Crippen LogP contribution in [0.1, 0.15) is 39.0 Å². The van der Waals surface area contributed by atoms with Crippen molar-refractivity contribution in [1.82, 2.24) is 5.32 Å². The molecule has 0 amide bonds. The molecule has 0 aromatic rings. The summed E-state index contributed by atoms with van der Waals surface area (Å²) in [4.78, 5) is 11.3. The molecule has 0 spiro atoms. The van der Waals surface area contributed by atoms with Gasteiger partial charge in [-0.1, -0.05) is 5.92 Å². The Hall–Kier alpha value is -0.810. The molecule has 1 unspecified atom stereocenters. The molecule has 0 bridgehead atoms. The minimum atomic E-state index is 0.296. The van der Waals surface area contributed by atoms with Gasteiger partial charge in [0.25, 0.3) is 0 Å². The van der Waals surface area contributed by atoms with Crippen molar-refractivity contribution in [3.8, 4) is 11.8 Å². The van der Waals surface area contributed by atoms with Crippen molar-refractivity contribution in [2.75, 3.05) is 13.1 Å². The zero-order valence-electron chi connectivity index (χ0n) is 8.94. The van der Waals surface area contributed by atoms with Gasteiger partial charge < -0.3 is 5.32 Å². The summed E-state index contributed by atoms with van der Waals surface area (Å²) in [6.07, 6.45) is 4.72. The van der Waals surface area contributed by atoms with Crippen molar-refractivity contribution in [3.63, 3.8) is 0 Å². The lowest BCUT2D eigenvalue weighted by molar-refractivity contribution is -0.118. The summed E-state index contributed by atoms with van der Waals surface area (Å²) >= 11 is 0. The predicted molar refractivity (Wildman–Crippen MR) is 57.9 cm³/mol. The third kappa shape index (κ3) is 4.43. The zero-order valence-corrected chi connectivity index (χ0v) is 8.94. The Labute approximate surface area is 86.5 Å². The molecule has 1 rings (SSSR count). The highest BCUT2D eigenvalue weighted by molar-refractivity contribution is 5.80. The predicted octanol–water partition coefficient (Wildman–Crippen LogP) is 1.75. The number of carbonyl (C=O) groups is 1. The molecule has 0 saturated carbocycles. The van der Waals surface area contributed by atoms with E-state index >= 15 is 0 Å². The monoisotopic (exact) mass is 193 g/mol. The van der Waals surface area contributed by atoms with Gasteiger partial charge in [-0.2, -0.15) is 0 Å². The first-order valence-electron chi connectivity index (χ1n) is 5.45. The summed E-state index contributed by atoms with van der Waals surface area (Å²) in [6, 6.07) is 0. The van der Waals surface area contributed by atoms with E-state index in [4.69, 9.17) is 0 Å². The molecule has 1 saturated heterocycles. The number of hydrogen-bond donors (Lipinski definition) is 1. The van der Waals surface area contributed by atoms with Crippen LogP contribution >= 0.6 is 0 Å². The van der Waals surface area contributed by atoms with Gasteiger partial charge in [-0.05, 0) is 45.2 Å². The van der Waals surface area contributed by atoms with Gasteiger partial charge in [0.05, 0.1) is 6.42 Å². The standard InChI is InChI=1S/C12H19NO/c1-2-3-6-12(14)8-7-11-5-4-9-13-10-11/h11,13H,4-10H2,1H3.